The Morgan fingerprint density at radius 2 is 1.72 bits per heavy atom. The normalized spacial score (nSPS) is 14.6. The van der Waals surface area contributed by atoms with Gasteiger partial charge in [0.05, 0.1) is 11.6 Å². The summed E-state index contributed by atoms with van der Waals surface area (Å²) in [7, 11) is 0. The smallest absolute Gasteiger partial charge is 0.253 e. The van der Waals surface area contributed by atoms with Crippen LogP contribution in [0.3, 0.4) is 0 Å². The number of aromatic nitrogens is 1. The van der Waals surface area contributed by atoms with Crippen molar-refractivity contribution in [1.29, 1.82) is 0 Å². The van der Waals surface area contributed by atoms with Crippen LogP contribution in [0.1, 0.15) is 34.5 Å². The van der Waals surface area contributed by atoms with Crippen LogP contribution in [-0.2, 0) is 11.3 Å². The van der Waals surface area contributed by atoms with Gasteiger partial charge < -0.3 is 20.4 Å². The third kappa shape index (κ3) is 6.92. The van der Waals surface area contributed by atoms with Gasteiger partial charge in [-0.25, -0.2) is 18.2 Å². The molecule has 0 aliphatic carbocycles. The minimum atomic E-state index is -2.74. The highest BCUT2D eigenvalue weighted by atomic mass is 35.5. The first-order chi connectivity index (χ1) is 22.0. The van der Waals surface area contributed by atoms with E-state index in [9.17, 15) is 22.8 Å². The number of hydrogen-bond acceptors (Lipinski definition) is 5. The molecule has 0 radical (unpaired) electrons. The average Bonchev–Trinajstić information content (AvgIpc) is 3.47. The van der Waals surface area contributed by atoms with E-state index in [1.807, 2.05) is 18.2 Å². The second-order valence-corrected chi connectivity index (χ2v) is 11.5. The summed E-state index contributed by atoms with van der Waals surface area (Å²) in [5, 5.41) is 3.49. The van der Waals surface area contributed by atoms with E-state index in [1.54, 1.807) is 54.7 Å². The highest BCUT2D eigenvalue weighted by Crippen LogP contribution is 2.37. The van der Waals surface area contributed by atoms with E-state index >= 15 is 0 Å². The largest absolute Gasteiger partial charge is 0.459 e. The molecule has 46 heavy (non-hydrogen) atoms. The van der Waals surface area contributed by atoms with Crippen molar-refractivity contribution in [2.75, 3.05) is 18.8 Å². The summed E-state index contributed by atoms with van der Waals surface area (Å²) in [6, 6.07) is 20.3. The van der Waals surface area contributed by atoms with Gasteiger partial charge in [-0.3, -0.25) is 9.59 Å². The van der Waals surface area contributed by atoms with Crippen LogP contribution < -0.4 is 11.1 Å². The minimum Gasteiger partial charge on any atom is -0.459 e. The van der Waals surface area contributed by atoms with Crippen LogP contribution in [0.5, 0.6) is 0 Å². The van der Waals surface area contributed by atoms with Crippen LogP contribution in [0, 0.1) is 5.82 Å². The standard InChI is InChI=1S/C35H28ClF3N4O3/c36-29-18-24(7-8-30(29)37)28-17-25(22-3-5-23(6-4-22)34(45)43-13-11-35(38,39)12-14-43)15-26-16-27(46-33(26)28)20-42-32(44)10-2-21-1-9-31(40)41-19-21/h1-10,15-19H,11-14,20H2,(H2,40,41)(H,42,44)/b10-2+. The van der Waals surface area contributed by atoms with Crippen LogP contribution in [0.2, 0.25) is 5.02 Å². The molecule has 3 N–H and O–H groups in total. The summed E-state index contributed by atoms with van der Waals surface area (Å²) in [5.41, 5.74) is 10.1. The first-order valence-corrected chi connectivity index (χ1v) is 14.9. The van der Waals surface area contributed by atoms with Gasteiger partial charge in [0.1, 0.15) is 23.0 Å². The molecule has 0 unspecified atom stereocenters. The number of nitrogen functional groups attached to an aromatic ring is 1. The zero-order valence-corrected chi connectivity index (χ0v) is 25.2. The molecule has 7 nitrogen and oxygen atoms in total. The lowest BCUT2D eigenvalue weighted by atomic mass is 9.96. The number of piperidine rings is 1. The van der Waals surface area contributed by atoms with E-state index < -0.39 is 11.7 Å². The van der Waals surface area contributed by atoms with Crippen molar-refractivity contribution in [1.82, 2.24) is 15.2 Å². The summed E-state index contributed by atoms with van der Waals surface area (Å²) in [6.45, 7) is 0.122. The fraction of sp³-hybridized carbons (Fsp3) is 0.171. The Morgan fingerprint density at radius 1 is 0.978 bits per heavy atom. The van der Waals surface area contributed by atoms with Crippen LogP contribution in [0.4, 0.5) is 19.0 Å². The van der Waals surface area contributed by atoms with Crippen molar-refractivity contribution in [2.45, 2.75) is 25.3 Å². The number of fused-ring (bicyclic) bond motifs is 1. The molecular formula is C35H28ClF3N4O3. The molecule has 2 aromatic heterocycles. The van der Waals surface area contributed by atoms with Crippen molar-refractivity contribution < 1.29 is 27.2 Å². The van der Waals surface area contributed by atoms with E-state index in [4.69, 9.17) is 21.8 Å². The summed E-state index contributed by atoms with van der Waals surface area (Å²) in [4.78, 5) is 30.9. The first-order valence-electron chi connectivity index (χ1n) is 14.5. The molecule has 1 fully saturated rings. The summed E-state index contributed by atoms with van der Waals surface area (Å²) >= 11 is 6.12. The Hall–Kier alpha value is -5.09. The fourth-order valence-corrected chi connectivity index (χ4v) is 5.46. The zero-order valence-electron chi connectivity index (χ0n) is 24.4. The fourth-order valence-electron chi connectivity index (χ4n) is 5.28. The van der Waals surface area contributed by atoms with Crippen LogP contribution in [-0.4, -0.2) is 40.7 Å². The monoisotopic (exact) mass is 644 g/mol. The molecule has 0 bridgehead atoms. The SMILES string of the molecule is Nc1ccc(/C=C/C(=O)NCc2cc3cc(-c4ccc(C(=O)N5CCC(F)(F)CC5)cc4)cc(-c4ccc(F)c(Cl)c4)c3o2)cn1. The Bertz CT molecular complexity index is 1950. The number of nitrogens with two attached hydrogens (primary N) is 1. The second-order valence-electron chi connectivity index (χ2n) is 11.1. The predicted molar refractivity (Wildman–Crippen MR) is 172 cm³/mol. The third-order valence-electron chi connectivity index (χ3n) is 7.82. The van der Waals surface area contributed by atoms with Gasteiger partial charge in [-0.1, -0.05) is 29.8 Å². The topological polar surface area (TPSA) is 101 Å². The number of halogens is 4. The number of furan rings is 1. The lowest BCUT2D eigenvalue weighted by molar-refractivity contribution is -0.116. The highest BCUT2D eigenvalue weighted by molar-refractivity contribution is 6.31. The number of likely N-dealkylation sites (tertiary alicyclic amines) is 1. The van der Waals surface area contributed by atoms with Gasteiger partial charge in [-0.05, 0) is 82.9 Å². The Labute approximate surface area is 267 Å². The van der Waals surface area contributed by atoms with E-state index in [0.29, 0.717) is 33.9 Å². The Balaban J connectivity index is 1.26. The number of alkyl halides is 2. The summed E-state index contributed by atoms with van der Waals surface area (Å²) in [5.74, 6) is -3.05. The number of rotatable bonds is 7. The number of pyridine rings is 1. The number of amides is 2. The van der Waals surface area contributed by atoms with E-state index in [1.165, 1.54) is 23.1 Å². The first kappa shape index (κ1) is 30.9. The maximum atomic E-state index is 14.0. The van der Waals surface area contributed by atoms with Gasteiger partial charge in [-0.15, -0.1) is 0 Å². The third-order valence-corrected chi connectivity index (χ3v) is 8.11. The van der Waals surface area contributed by atoms with Gasteiger partial charge in [0.15, 0.2) is 0 Å². The molecule has 1 saturated heterocycles. The number of benzene rings is 3. The van der Waals surface area contributed by atoms with E-state index in [2.05, 4.69) is 10.3 Å². The molecule has 5 aromatic rings. The van der Waals surface area contributed by atoms with Gasteiger partial charge in [0.25, 0.3) is 11.8 Å². The molecule has 234 valence electrons. The van der Waals surface area contributed by atoms with Gasteiger partial charge >= 0.3 is 0 Å². The van der Waals surface area contributed by atoms with Crippen molar-refractivity contribution in [3.8, 4) is 22.3 Å². The van der Waals surface area contributed by atoms with E-state index in [0.717, 1.165) is 22.1 Å². The molecular weight excluding hydrogens is 617 g/mol. The molecule has 0 spiro atoms. The lowest BCUT2D eigenvalue weighted by Gasteiger charge is -2.31. The number of nitrogens with one attached hydrogen (secondary N) is 1. The average molecular weight is 645 g/mol. The molecule has 6 rings (SSSR count). The van der Waals surface area contributed by atoms with Gasteiger partial charge in [-0.2, -0.15) is 0 Å². The van der Waals surface area contributed by atoms with Crippen molar-refractivity contribution in [3.05, 3.63) is 113 Å². The van der Waals surface area contributed by atoms with Crippen LogP contribution in [0.15, 0.2) is 89.5 Å². The number of anilines is 1. The predicted octanol–water partition coefficient (Wildman–Crippen LogP) is 7.74. The number of carbonyl (C=O) groups is 2. The molecule has 0 atom stereocenters. The maximum Gasteiger partial charge on any atom is 0.253 e. The van der Waals surface area contributed by atoms with Crippen molar-refractivity contribution >= 4 is 46.3 Å². The van der Waals surface area contributed by atoms with E-state index in [-0.39, 0.29) is 49.3 Å². The molecule has 11 heteroatoms. The second kappa shape index (κ2) is 12.7. The highest BCUT2D eigenvalue weighted by Gasteiger charge is 2.35. The number of carbonyl (C=O) groups excluding carboxylic acids is 2. The molecule has 3 heterocycles. The minimum absolute atomic E-state index is 0.00741. The quantitative estimate of drug-likeness (QED) is 0.177. The molecule has 2 amide bonds. The Morgan fingerprint density at radius 3 is 2.41 bits per heavy atom. The molecule has 1 aliphatic rings. The number of nitrogens with zero attached hydrogens (tertiary/aromatic N) is 2. The summed E-state index contributed by atoms with van der Waals surface area (Å²) < 4.78 is 47.4. The lowest BCUT2D eigenvalue weighted by Crippen LogP contribution is -2.42. The molecule has 1 aliphatic heterocycles. The van der Waals surface area contributed by atoms with Crippen molar-refractivity contribution in [3.63, 3.8) is 0 Å². The number of hydrogen-bond donors (Lipinski definition) is 2. The molecule has 3 aromatic carbocycles. The Kier molecular flexibility index (Phi) is 8.55. The maximum absolute atomic E-state index is 14.0. The van der Waals surface area contributed by atoms with Crippen LogP contribution >= 0.6 is 11.6 Å². The van der Waals surface area contributed by atoms with Crippen LogP contribution in [0.25, 0.3) is 39.3 Å². The molecule has 0 saturated carbocycles. The van der Waals surface area contributed by atoms with Crippen molar-refractivity contribution in [2.24, 2.45) is 0 Å². The van der Waals surface area contributed by atoms with Gasteiger partial charge in [0.2, 0.25) is 5.91 Å². The van der Waals surface area contributed by atoms with Gasteiger partial charge in [0, 0.05) is 54.7 Å². The summed E-state index contributed by atoms with van der Waals surface area (Å²) in [6.07, 6.45) is 3.87. The zero-order chi connectivity index (χ0) is 32.4.